The fourth-order valence-electron chi connectivity index (χ4n) is 3.68. The molecule has 0 aliphatic rings. The number of rotatable bonds is 6. The van der Waals surface area contributed by atoms with Gasteiger partial charge in [0.25, 0.3) is 0 Å². The maximum absolute atomic E-state index is 5.79. The second-order valence-corrected chi connectivity index (χ2v) is 11.7. The zero-order valence-corrected chi connectivity index (χ0v) is 21.6. The van der Waals surface area contributed by atoms with Crippen molar-refractivity contribution in [2.45, 2.75) is 13.8 Å². The second-order valence-electron chi connectivity index (χ2n) is 7.01. The van der Waals surface area contributed by atoms with Gasteiger partial charge in [-0.25, -0.2) is 0 Å². The highest BCUT2D eigenvalue weighted by molar-refractivity contribution is 7.28. The first-order valence-corrected chi connectivity index (χ1v) is 14.0. The maximum Gasteiger partial charge on any atom is 0.138 e. The Labute approximate surface area is 202 Å². The fraction of sp³-hybridized carbons (Fsp3) is 0.167. The Bertz CT molecular complexity index is 1340. The molecule has 0 atom stereocenters. The van der Waals surface area contributed by atoms with Crippen molar-refractivity contribution in [3.05, 3.63) is 56.9 Å². The monoisotopic (exact) mass is 500 g/mol. The van der Waals surface area contributed by atoms with Crippen LogP contribution in [0.2, 0.25) is 0 Å². The van der Waals surface area contributed by atoms with Gasteiger partial charge in [-0.15, -0.1) is 56.7 Å². The summed E-state index contributed by atoms with van der Waals surface area (Å²) in [5.41, 5.74) is 5.17. The van der Waals surface area contributed by atoms with Crippen molar-refractivity contribution in [2.75, 3.05) is 14.2 Å². The van der Waals surface area contributed by atoms with Gasteiger partial charge in [0.2, 0.25) is 0 Å². The number of methoxy groups -OCH3 is 2. The smallest absolute Gasteiger partial charge is 0.138 e. The van der Waals surface area contributed by atoms with Crippen molar-refractivity contribution < 1.29 is 9.47 Å². The highest BCUT2D eigenvalue weighted by atomic mass is 32.1. The van der Waals surface area contributed by atoms with Crippen molar-refractivity contribution in [1.82, 2.24) is 0 Å². The summed E-state index contributed by atoms with van der Waals surface area (Å²) in [4.78, 5) is 7.59. The van der Waals surface area contributed by atoms with Crippen LogP contribution in [0.15, 0.2) is 45.8 Å². The lowest BCUT2D eigenvalue weighted by Crippen LogP contribution is -1.87. The van der Waals surface area contributed by atoms with E-state index in [0.717, 1.165) is 11.5 Å². The molecule has 2 nitrogen and oxygen atoms in total. The van der Waals surface area contributed by atoms with E-state index in [2.05, 4.69) is 59.6 Å². The zero-order valence-electron chi connectivity index (χ0n) is 17.5. The Morgan fingerprint density at radius 3 is 1.55 bits per heavy atom. The number of ether oxygens (including phenoxy) is 2. The molecule has 0 N–H and O–H groups in total. The van der Waals surface area contributed by atoms with Gasteiger partial charge < -0.3 is 9.47 Å². The minimum absolute atomic E-state index is 0.929. The molecule has 31 heavy (non-hydrogen) atoms. The summed E-state index contributed by atoms with van der Waals surface area (Å²) in [6.45, 7) is 4.40. The topological polar surface area (TPSA) is 18.5 Å². The molecule has 0 unspecified atom stereocenters. The first-order valence-electron chi connectivity index (χ1n) is 9.63. The van der Waals surface area contributed by atoms with E-state index in [4.69, 9.17) is 9.47 Å². The molecule has 0 saturated carbocycles. The van der Waals surface area contributed by atoms with Crippen LogP contribution in [0.1, 0.15) is 11.1 Å². The lowest BCUT2D eigenvalue weighted by atomic mass is 10.0. The van der Waals surface area contributed by atoms with Gasteiger partial charge in [-0.3, -0.25) is 0 Å². The highest BCUT2D eigenvalue weighted by Gasteiger charge is 2.29. The molecule has 7 heteroatoms. The number of aryl methyl sites for hydroxylation is 2. The average molecular weight is 501 g/mol. The minimum atomic E-state index is 0.929. The number of thiophene rings is 5. The predicted molar refractivity (Wildman–Crippen MR) is 140 cm³/mol. The molecule has 0 saturated heterocycles. The molecule has 5 rings (SSSR count). The Morgan fingerprint density at radius 1 is 0.516 bits per heavy atom. The van der Waals surface area contributed by atoms with Crippen LogP contribution in [-0.4, -0.2) is 14.2 Å². The normalized spacial score (nSPS) is 11.2. The van der Waals surface area contributed by atoms with Gasteiger partial charge in [0.05, 0.1) is 33.7 Å². The van der Waals surface area contributed by atoms with Gasteiger partial charge in [-0.2, -0.15) is 0 Å². The predicted octanol–water partition coefficient (Wildman–Crippen LogP) is 9.30. The third kappa shape index (κ3) is 3.49. The summed E-state index contributed by atoms with van der Waals surface area (Å²) in [6, 6.07) is 8.54. The quantitative estimate of drug-likeness (QED) is 0.231. The van der Waals surface area contributed by atoms with Crippen LogP contribution in [0.5, 0.6) is 11.5 Å². The summed E-state index contributed by atoms with van der Waals surface area (Å²) in [5, 5.41) is 8.60. The molecule has 0 spiro atoms. The van der Waals surface area contributed by atoms with Crippen molar-refractivity contribution in [2.24, 2.45) is 0 Å². The Balaban J connectivity index is 1.93. The summed E-state index contributed by atoms with van der Waals surface area (Å²) < 4.78 is 11.5. The fourth-order valence-corrected chi connectivity index (χ4v) is 9.19. The molecule has 158 valence electrons. The summed E-state index contributed by atoms with van der Waals surface area (Å²) in [7, 11) is 3.51. The first kappa shape index (κ1) is 21.0. The van der Waals surface area contributed by atoms with Crippen LogP contribution >= 0.6 is 56.7 Å². The molecular weight excluding hydrogens is 481 g/mol. The van der Waals surface area contributed by atoms with Crippen molar-refractivity contribution in [1.29, 1.82) is 0 Å². The lowest BCUT2D eigenvalue weighted by Gasteiger charge is -2.10. The SMILES string of the molecule is COc1ccsc1-c1sc(-c2sccc2C)c(-c2sccc2OC)c1-c1sccc1C. The van der Waals surface area contributed by atoms with E-state index < -0.39 is 0 Å². The van der Waals surface area contributed by atoms with Gasteiger partial charge >= 0.3 is 0 Å². The zero-order chi connectivity index (χ0) is 21.5. The van der Waals surface area contributed by atoms with Gasteiger partial charge in [0, 0.05) is 20.9 Å². The first-order chi connectivity index (χ1) is 15.1. The third-order valence-electron chi connectivity index (χ3n) is 5.20. The third-order valence-corrected chi connectivity index (χ3v) is 10.6. The molecule has 5 aromatic rings. The molecule has 0 aromatic carbocycles. The van der Waals surface area contributed by atoms with Crippen molar-refractivity contribution >= 4 is 56.7 Å². The van der Waals surface area contributed by atoms with E-state index in [1.54, 1.807) is 48.2 Å². The molecule has 0 fully saturated rings. The van der Waals surface area contributed by atoms with Crippen molar-refractivity contribution in [3.63, 3.8) is 0 Å². The Kier molecular flexibility index (Phi) is 5.79. The number of hydrogen-bond acceptors (Lipinski definition) is 7. The van der Waals surface area contributed by atoms with Crippen LogP contribution < -0.4 is 9.47 Å². The van der Waals surface area contributed by atoms with E-state index in [1.165, 1.54) is 51.5 Å². The molecule has 0 radical (unpaired) electrons. The molecule has 5 heterocycles. The van der Waals surface area contributed by atoms with Crippen LogP contribution in [0.3, 0.4) is 0 Å². The Morgan fingerprint density at radius 2 is 0.968 bits per heavy atom. The minimum Gasteiger partial charge on any atom is -0.495 e. The molecule has 0 bridgehead atoms. The standard InChI is InChI=1S/C24H20O2S5/c1-13-5-9-27-19(13)17-18(21-15(25-3)7-11-29-21)23(20-14(2)6-10-28-20)31-24(17)22-16(26-4)8-12-30-22/h5-12H,1-4H3. The van der Waals surface area contributed by atoms with E-state index in [-0.39, 0.29) is 0 Å². The molecule has 0 aliphatic carbocycles. The lowest BCUT2D eigenvalue weighted by molar-refractivity contribution is 0.418. The van der Waals surface area contributed by atoms with Crippen LogP contribution in [0.4, 0.5) is 0 Å². The molecule has 5 aromatic heterocycles. The number of hydrogen-bond donors (Lipinski definition) is 0. The Hall–Kier alpha value is -1.90. The average Bonchev–Trinajstić information content (AvgIpc) is 3.56. The van der Waals surface area contributed by atoms with E-state index in [0.29, 0.717) is 0 Å². The summed E-state index contributed by atoms with van der Waals surface area (Å²) >= 11 is 8.97. The largest absolute Gasteiger partial charge is 0.495 e. The molecule has 0 aliphatic heterocycles. The molecule has 0 amide bonds. The van der Waals surface area contributed by atoms with Gasteiger partial charge in [0.15, 0.2) is 0 Å². The van der Waals surface area contributed by atoms with Gasteiger partial charge in [-0.1, -0.05) is 0 Å². The highest BCUT2D eigenvalue weighted by Crippen LogP contribution is 2.59. The van der Waals surface area contributed by atoms with Gasteiger partial charge in [-0.05, 0) is 70.8 Å². The maximum atomic E-state index is 5.79. The van der Waals surface area contributed by atoms with Crippen LogP contribution in [-0.2, 0) is 0 Å². The van der Waals surface area contributed by atoms with Crippen LogP contribution in [0, 0.1) is 13.8 Å². The van der Waals surface area contributed by atoms with Crippen molar-refractivity contribution in [3.8, 4) is 51.9 Å². The van der Waals surface area contributed by atoms with Crippen LogP contribution in [0.25, 0.3) is 40.4 Å². The summed E-state index contributed by atoms with van der Waals surface area (Å²) in [5.74, 6) is 1.86. The van der Waals surface area contributed by atoms with E-state index in [1.807, 2.05) is 22.7 Å². The van der Waals surface area contributed by atoms with E-state index in [9.17, 15) is 0 Å². The summed E-state index contributed by atoms with van der Waals surface area (Å²) in [6.07, 6.45) is 0. The molecular formula is C24H20O2S5. The second kappa shape index (κ2) is 8.56. The van der Waals surface area contributed by atoms with Gasteiger partial charge in [0.1, 0.15) is 11.5 Å². The van der Waals surface area contributed by atoms with E-state index >= 15 is 0 Å².